The fourth-order valence-electron chi connectivity index (χ4n) is 0.538. The molecule has 12 heavy (non-hydrogen) atoms. The summed E-state index contributed by atoms with van der Waals surface area (Å²) < 4.78 is 34.4. The standard InChI is InChI=1S/C6H7F3O3/c7-6(8,9)2-1-4(10)3-5(11)12/h1-3H2,(H,11,12). The third-order valence-corrected chi connectivity index (χ3v) is 1.04. The summed E-state index contributed by atoms with van der Waals surface area (Å²) in [7, 11) is 0. The number of carboxylic acids is 1. The van der Waals surface area contributed by atoms with E-state index in [1.54, 1.807) is 0 Å². The Hall–Kier alpha value is -1.07. The second-order valence-electron chi connectivity index (χ2n) is 2.22. The van der Waals surface area contributed by atoms with Crippen molar-refractivity contribution in [2.45, 2.75) is 25.4 Å². The highest BCUT2D eigenvalue weighted by Gasteiger charge is 2.28. The number of aliphatic carboxylic acids is 1. The van der Waals surface area contributed by atoms with E-state index in [-0.39, 0.29) is 0 Å². The molecule has 0 heterocycles. The zero-order chi connectivity index (χ0) is 9.78. The molecule has 0 amide bonds. The van der Waals surface area contributed by atoms with Crippen molar-refractivity contribution >= 4 is 11.8 Å². The number of Topliss-reactive ketones (excluding diaryl/α,β-unsaturated/α-hetero) is 1. The molecular formula is C6H7F3O3. The van der Waals surface area contributed by atoms with E-state index in [9.17, 15) is 22.8 Å². The van der Waals surface area contributed by atoms with Gasteiger partial charge in [0.1, 0.15) is 12.2 Å². The third-order valence-electron chi connectivity index (χ3n) is 1.04. The van der Waals surface area contributed by atoms with Crippen LogP contribution >= 0.6 is 0 Å². The Labute approximate surface area is 66.2 Å². The van der Waals surface area contributed by atoms with Gasteiger partial charge in [0.15, 0.2) is 0 Å². The van der Waals surface area contributed by atoms with Crippen LogP contribution in [-0.4, -0.2) is 23.0 Å². The number of hydrogen-bond donors (Lipinski definition) is 1. The lowest BCUT2D eigenvalue weighted by molar-refractivity contribution is -0.147. The van der Waals surface area contributed by atoms with Gasteiger partial charge in [0.25, 0.3) is 0 Å². The minimum absolute atomic E-state index is 0.754. The summed E-state index contributed by atoms with van der Waals surface area (Å²) in [4.78, 5) is 20.3. The summed E-state index contributed by atoms with van der Waals surface area (Å²) in [5, 5.41) is 8.01. The molecule has 3 nitrogen and oxygen atoms in total. The van der Waals surface area contributed by atoms with Gasteiger partial charge in [0.05, 0.1) is 6.42 Å². The third kappa shape index (κ3) is 7.04. The van der Waals surface area contributed by atoms with Crippen LogP contribution in [0.1, 0.15) is 19.3 Å². The molecule has 1 N–H and O–H groups in total. The van der Waals surface area contributed by atoms with E-state index in [2.05, 4.69) is 0 Å². The highest BCUT2D eigenvalue weighted by Crippen LogP contribution is 2.21. The van der Waals surface area contributed by atoms with Gasteiger partial charge >= 0.3 is 12.1 Å². The van der Waals surface area contributed by atoms with Crippen LogP contribution in [0.4, 0.5) is 13.2 Å². The number of carboxylic acid groups (broad SMARTS) is 1. The van der Waals surface area contributed by atoms with Gasteiger partial charge in [0.2, 0.25) is 0 Å². The molecule has 0 atom stereocenters. The number of alkyl halides is 3. The lowest BCUT2D eigenvalue weighted by Crippen LogP contribution is -2.13. The Morgan fingerprint density at radius 3 is 2.08 bits per heavy atom. The van der Waals surface area contributed by atoms with Crippen LogP contribution in [0.2, 0.25) is 0 Å². The van der Waals surface area contributed by atoms with Gasteiger partial charge in [-0.15, -0.1) is 0 Å². The van der Waals surface area contributed by atoms with Gasteiger partial charge in [-0.05, 0) is 0 Å². The first-order chi connectivity index (χ1) is 5.31. The summed E-state index contributed by atoms with van der Waals surface area (Å²) in [6.07, 6.45) is -7.24. The summed E-state index contributed by atoms with van der Waals surface area (Å²) >= 11 is 0. The second kappa shape index (κ2) is 4.08. The van der Waals surface area contributed by atoms with E-state index in [4.69, 9.17) is 5.11 Å². The van der Waals surface area contributed by atoms with Crippen molar-refractivity contribution in [2.24, 2.45) is 0 Å². The van der Waals surface area contributed by atoms with Gasteiger partial charge in [-0.2, -0.15) is 13.2 Å². The zero-order valence-corrected chi connectivity index (χ0v) is 6.02. The van der Waals surface area contributed by atoms with Crippen molar-refractivity contribution in [1.29, 1.82) is 0 Å². The minimum Gasteiger partial charge on any atom is -0.481 e. The Balaban J connectivity index is 3.65. The Kier molecular flexibility index (Phi) is 3.72. The molecule has 0 aromatic rings. The summed E-state index contributed by atoms with van der Waals surface area (Å²) in [5.74, 6) is -2.30. The Morgan fingerprint density at radius 2 is 1.75 bits per heavy atom. The zero-order valence-electron chi connectivity index (χ0n) is 6.02. The molecule has 0 saturated heterocycles. The van der Waals surface area contributed by atoms with Crippen LogP contribution in [0.5, 0.6) is 0 Å². The first kappa shape index (κ1) is 10.9. The van der Waals surface area contributed by atoms with E-state index >= 15 is 0 Å². The summed E-state index contributed by atoms with van der Waals surface area (Å²) in [5.41, 5.74) is 0. The highest BCUT2D eigenvalue weighted by atomic mass is 19.4. The largest absolute Gasteiger partial charge is 0.481 e. The van der Waals surface area contributed by atoms with Crippen molar-refractivity contribution in [1.82, 2.24) is 0 Å². The number of rotatable bonds is 4. The van der Waals surface area contributed by atoms with E-state index in [0.29, 0.717) is 0 Å². The average molecular weight is 184 g/mol. The molecule has 0 aromatic heterocycles. The summed E-state index contributed by atoms with van der Waals surface area (Å²) in [6, 6.07) is 0. The maximum absolute atomic E-state index is 11.5. The van der Waals surface area contributed by atoms with E-state index < -0.39 is 37.2 Å². The van der Waals surface area contributed by atoms with Crippen molar-refractivity contribution in [3.05, 3.63) is 0 Å². The van der Waals surface area contributed by atoms with E-state index in [1.165, 1.54) is 0 Å². The molecule has 0 fully saturated rings. The van der Waals surface area contributed by atoms with Crippen LogP contribution in [-0.2, 0) is 9.59 Å². The molecule has 0 saturated carbocycles. The molecule has 0 spiro atoms. The molecule has 0 aromatic carbocycles. The van der Waals surface area contributed by atoms with Gasteiger partial charge in [0, 0.05) is 6.42 Å². The lowest BCUT2D eigenvalue weighted by Gasteiger charge is -2.03. The molecule has 0 unspecified atom stereocenters. The van der Waals surface area contributed by atoms with Crippen molar-refractivity contribution in [2.75, 3.05) is 0 Å². The molecule has 6 heteroatoms. The maximum atomic E-state index is 11.5. The second-order valence-corrected chi connectivity index (χ2v) is 2.22. The first-order valence-electron chi connectivity index (χ1n) is 3.11. The molecule has 0 aliphatic heterocycles. The van der Waals surface area contributed by atoms with Gasteiger partial charge in [-0.25, -0.2) is 0 Å². The van der Waals surface area contributed by atoms with Gasteiger partial charge in [-0.1, -0.05) is 0 Å². The van der Waals surface area contributed by atoms with Gasteiger partial charge < -0.3 is 5.11 Å². The van der Waals surface area contributed by atoms with Crippen LogP contribution in [0.3, 0.4) is 0 Å². The normalized spacial score (nSPS) is 11.2. The van der Waals surface area contributed by atoms with Crippen LogP contribution in [0.15, 0.2) is 0 Å². The molecule has 70 valence electrons. The van der Waals surface area contributed by atoms with Gasteiger partial charge in [-0.3, -0.25) is 9.59 Å². The Bertz CT molecular complexity index is 185. The topological polar surface area (TPSA) is 54.4 Å². The number of ketones is 1. The van der Waals surface area contributed by atoms with Crippen LogP contribution in [0, 0.1) is 0 Å². The van der Waals surface area contributed by atoms with Crippen molar-refractivity contribution in [3.63, 3.8) is 0 Å². The number of carbonyl (C=O) groups excluding carboxylic acids is 1. The van der Waals surface area contributed by atoms with Crippen LogP contribution < -0.4 is 0 Å². The maximum Gasteiger partial charge on any atom is 0.389 e. The van der Waals surface area contributed by atoms with Crippen LogP contribution in [0.25, 0.3) is 0 Å². The van der Waals surface area contributed by atoms with E-state index in [1.807, 2.05) is 0 Å². The molecule has 0 rings (SSSR count). The number of hydrogen-bond acceptors (Lipinski definition) is 2. The fourth-order valence-corrected chi connectivity index (χ4v) is 0.538. The monoisotopic (exact) mass is 184 g/mol. The fraction of sp³-hybridized carbons (Fsp3) is 0.667. The Morgan fingerprint density at radius 1 is 1.25 bits per heavy atom. The SMILES string of the molecule is O=C(O)CC(=O)CCC(F)(F)F. The predicted molar refractivity (Wildman–Crippen MR) is 32.5 cm³/mol. The molecule has 0 bridgehead atoms. The predicted octanol–water partition coefficient (Wildman–Crippen LogP) is 1.37. The van der Waals surface area contributed by atoms with Crippen molar-refractivity contribution in [3.8, 4) is 0 Å². The first-order valence-corrected chi connectivity index (χ1v) is 3.11. The van der Waals surface area contributed by atoms with Crippen molar-refractivity contribution < 1.29 is 27.9 Å². The minimum atomic E-state index is -4.39. The highest BCUT2D eigenvalue weighted by molar-refractivity contribution is 5.94. The average Bonchev–Trinajstić information content (AvgIpc) is 1.80. The molecule has 0 aliphatic carbocycles. The van der Waals surface area contributed by atoms with E-state index in [0.717, 1.165) is 0 Å². The number of halogens is 3. The smallest absolute Gasteiger partial charge is 0.389 e. The number of carbonyl (C=O) groups is 2. The lowest BCUT2D eigenvalue weighted by atomic mass is 10.2. The summed E-state index contributed by atoms with van der Waals surface area (Å²) in [6.45, 7) is 0. The molecule has 0 aliphatic rings. The molecular weight excluding hydrogens is 177 g/mol. The quantitative estimate of drug-likeness (QED) is 0.671. The molecule has 0 radical (unpaired) electrons.